The van der Waals surface area contributed by atoms with Crippen LogP contribution in [0.3, 0.4) is 0 Å². The number of fused-ring (bicyclic) bond motifs is 1. The number of nitrogens with zero attached hydrogens (tertiary/aromatic N) is 2. The Labute approximate surface area is 138 Å². The summed E-state index contributed by atoms with van der Waals surface area (Å²) >= 11 is 0. The van der Waals surface area contributed by atoms with Gasteiger partial charge in [0.2, 0.25) is 5.91 Å². The summed E-state index contributed by atoms with van der Waals surface area (Å²) in [4.78, 5) is 24.9. The van der Waals surface area contributed by atoms with Gasteiger partial charge in [0.15, 0.2) is 0 Å². The summed E-state index contributed by atoms with van der Waals surface area (Å²) < 4.78 is 16.3. The van der Waals surface area contributed by atoms with Crippen LogP contribution in [0.25, 0.3) is 11.0 Å². The van der Waals surface area contributed by atoms with E-state index in [4.69, 9.17) is 0 Å². The molecule has 0 saturated heterocycles. The van der Waals surface area contributed by atoms with Crippen molar-refractivity contribution in [3.63, 3.8) is 0 Å². The Morgan fingerprint density at radius 1 is 1.08 bits per heavy atom. The maximum Gasteiger partial charge on any atom is 0.329 e. The first-order valence-electron chi connectivity index (χ1n) is 7.83. The first-order chi connectivity index (χ1) is 11.6. The normalized spacial score (nSPS) is 10.9. The summed E-state index contributed by atoms with van der Waals surface area (Å²) in [6.07, 6.45) is 0.823. The number of hydrogen-bond donors (Lipinski definition) is 1. The number of rotatable bonds is 5. The van der Waals surface area contributed by atoms with Gasteiger partial charge in [-0.2, -0.15) is 0 Å². The number of para-hydroxylation sites is 2. The number of carbonyl (C=O) groups excluding carboxylic acids is 1. The summed E-state index contributed by atoms with van der Waals surface area (Å²) in [6, 6.07) is 13.0. The van der Waals surface area contributed by atoms with Crippen LogP contribution in [0.1, 0.15) is 13.3 Å². The van der Waals surface area contributed by atoms with Crippen LogP contribution in [0.5, 0.6) is 0 Å². The van der Waals surface area contributed by atoms with Crippen molar-refractivity contribution in [1.82, 2.24) is 9.13 Å². The second kappa shape index (κ2) is 6.70. The van der Waals surface area contributed by atoms with Crippen LogP contribution in [-0.4, -0.2) is 15.0 Å². The van der Waals surface area contributed by atoms with Crippen molar-refractivity contribution in [3.8, 4) is 0 Å². The summed E-state index contributed by atoms with van der Waals surface area (Å²) in [7, 11) is 0. The zero-order valence-corrected chi connectivity index (χ0v) is 13.3. The van der Waals surface area contributed by atoms with Crippen LogP contribution < -0.4 is 11.0 Å². The molecule has 0 bridgehead atoms. The molecule has 0 aliphatic heterocycles. The summed E-state index contributed by atoms with van der Waals surface area (Å²) in [5, 5.41) is 2.62. The van der Waals surface area contributed by atoms with Gasteiger partial charge >= 0.3 is 5.69 Å². The Morgan fingerprint density at radius 2 is 1.79 bits per heavy atom. The molecule has 0 aliphatic carbocycles. The monoisotopic (exact) mass is 327 g/mol. The van der Waals surface area contributed by atoms with E-state index in [0.29, 0.717) is 17.7 Å². The van der Waals surface area contributed by atoms with E-state index >= 15 is 0 Å². The van der Waals surface area contributed by atoms with E-state index in [1.165, 1.54) is 22.8 Å². The Bertz CT molecular complexity index is 943. The lowest BCUT2D eigenvalue weighted by Crippen LogP contribution is -2.29. The van der Waals surface area contributed by atoms with Crippen molar-refractivity contribution in [2.45, 2.75) is 26.4 Å². The molecule has 6 heteroatoms. The molecule has 0 aliphatic rings. The van der Waals surface area contributed by atoms with E-state index < -0.39 is 5.82 Å². The van der Waals surface area contributed by atoms with E-state index in [0.717, 1.165) is 11.9 Å². The second-order valence-electron chi connectivity index (χ2n) is 5.57. The van der Waals surface area contributed by atoms with Crippen molar-refractivity contribution in [3.05, 3.63) is 64.8 Å². The molecule has 24 heavy (non-hydrogen) atoms. The summed E-state index contributed by atoms with van der Waals surface area (Å²) in [5.41, 5.74) is 1.67. The highest BCUT2D eigenvalue weighted by Crippen LogP contribution is 2.14. The van der Waals surface area contributed by atoms with Crippen LogP contribution in [0.2, 0.25) is 0 Å². The fraction of sp³-hybridized carbons (Fsp3) is 0.222. The minimum Gasteiger partial charge on any atom is -0.324 e. The second-order valence-corrected chi connectivity index (χ2v) is 5.57. The number of halogens is 1. The number of carbonyl (C=O) groups is 1. The van der Waals surface area contributed by atoms with Crippen LogP contribution >= 0.6 is 0 Å². The van der Waals surface area contributed by atoms with Crippen molar-refractivity contribution in [1.29, 1.82) is 0 Å². The molecule has 0 unspecified atom stereocenters. The highest BCUT2D eigenvalue weighted by Gasteiger charge is 2.15. The molecular formula is C18H18FN3O2. The van der Waals surface area contributed by atoms with Crippen molar-refractivity contribution in [2.24, 2.45) is 0 Å². The molecule has 1 amide bonds. The average Bonchev–Trinajstić information content (AvgIpc) is 2.81. The van der Waals surface area contributed by atoms with Gasteiger partial charge in [0.1, 0.15) is 12.4 Å². The van der Waals surface area contributed by atoms with Crippen LogP contribution in [0, 0.1) is 5.82 Å². The highest BCUT2D eigenvalue weighted by molar-refractivity contribution is 5.91. The number of amides is 1. The van der Waals surface area contributed by atoms with E-state index in [1.54, 1.807) is 10.6 Å². The summed E-state index contributed by atoms with van der Waals surface area (Å²) in [5.74, 6) is -0.799. The van der Waals surface area contributed by atoms with Gasteiger partial charge in [-0.05, 0) is 36.8 Å². The Balaban J connectivity index is 1.91. The van der Waals surface area contributed by atoms with Crippen LogP contribution in [0.15, 0.2) is 53.3 Å². The van der Waals surface area contributed by atoms with Gasteiger partial charge in [-0.15, -0.1) is 0 Å². The molecule has 0 atom stereocenters. The molecule has 1 heterocycles. The SMILES string of the molecule is CCCn1c(=O)n(CC(=O)Nc2cccc(F)c2)c2ccccc21. The van der Waals surface area contributed by atoms with Crippen molar-refractivity contribution >= 4 is 22.6 Å². The first kappa shape index (κ1) is 16.0. The molecule has 2 aromatic carbocycles. The maximum absolute atomic E-state index is 13.2. The third-order valence-electron chi connectivity index (χ3n) is 3.78. The lowest BCUT2D eigenvalue weighted by atomic mass is 10.3. The molecular weight excluding hydrogens is 309 g/mol. The molecule has 0 radical (unpaired) electrons. The number of anilines is 1. The largest absolute Gasteiger partial charge is 0.329 e. The fourth-order valence-corrected chi connectivity index (χ4v) is 2.78. The minimum absolute atomic E-state index is 0.118. The minimum atomic E-state index is -0.426. The zero-order valence-electron chi connectivity index (χ0n) is 13.3. The third kappa shape index (κ3) is 3.08. The number of aromatic nitrogens is 2. The topological polar surface area (TPSA) is 56.0 Å². The molecule has 3 aromatic rings. The molecule has 1 aromatic heterocycles. The fourth-order valence-electron chi connectivity index (χ4n) is 2.78. The molecule has 5 nitrogen and oxygen atoms in total. The van der Waals surface area contributed by atoms with E-state index in [2.05, 4.69) is 5.32 Å². The molecule has 0 spiro atoms. The summed E-state index contributed by atoms with van der Waals surface area (Å²) in [6.45, 7) is 2.47. The predicted molar refractivity (Wildman–Crippen MR) is 91.5 cm³/mol. The molecule has 0 fully saturated rings. The van der Waals surface area contributed by atoms with Gasteiger partial charge in [-0.3, -0.25) is 13.9 Å². The quantitative estimate of drug-likeness (QED) is 0.783. The van der Waals surface area contributed by atoms with Crippen molar-refractivity contribution < 1.29 is 9.18 Å². The number of benzene rings is 2. The number of aryl methyl sites for hydroxylation is 1. The maximum atomic E-state index is 13.2. The van der Waals surface area contributed by atoms with Gasteiger partial charge < -0.3 is 5.32 Å². The Morgan fingerprint density at radius 3 is 2.46 bits per heavy atom. The number of nitrogens with one attached hydrogen (secondary N) is 1. The first-order valence-corrected chi connectivity index (χ1v) is 7.83. The zero-order chi connectivity index (χ0) is 17.1. The molecule has 1 N–H and O–H groups in total. The molecule has 3 rings (SSSR count). The molecule has 124 valence electrons. The van der Waals surface area contributed by atoms with Gasteiger partial charge in [-0.1, -0.05) is 25.1 Å². The lowest BCUT2D eigenvalue weighted by molar-refractivity contribution is -0.116. The van der Waals surface area contributed by atoms with Gasteiger partial charge in [0, 0.05) is 12.2 Å². The van der Waals surface area contributed by atoms with E-state index in [9.17, 15) is 14.0 Å². The third-order valence-corrected chi connectivity index (χ3v) is 3.78. The Kier molecular flexibility index (Phi) is 4.46. The smallest absolute Gasteiger partial charge is 0.324 e. The predicted octanol–water partition coefficient (Wildman–Crippen LogP) is 2.99. The van der Waals surface area contributed by atoms with Crippen LogP contribution in [-0.2, 0) is 17.9 Å². The standard InChI is InChI=1S/C18H18FN3O2/c1-2-10-21-15-8-3-4-9-16(15)22(18(21)24)12-17(23)20-14-7-5-6-13(19)11-14/h3-9,11H,2,10,12H2,1H3,(H,20,23). The average molecular weight is 327 g/mol. The van der Waals surface area contributed by atoms with Gasteiger partial charge in [-0.25, -0.2) is 9.18 Å². The van der Waals surface area contributed by atoms with Gasteiger partial charge in [0.25, 0.3) is 0 Å². The number of imidazole rings is 1. The molecule has 0 saturated carbocycles. The Hall–Kier alpha value is -2.89. The van der Waals surface area contributed by atoms with E-state index in [1.807, 2.05) is 31.2 Å². The van der Waals surface area contributed by atoms with Crippen LogP contribution in [0.4, 0.5) is 10.1 Å². The lowest BCUT2D eigenvalue weighted by Gasteiger charge is -2.06. The van der Waals surface area contributed by atoms with Gasteiger partial charge in [0.05, 0.1) is 11.0 Å². The highest BCUT2D eigenvalue weighted by atomic mass is 19.1. The van der Waals surface area contributed by atoms with Crippen molar-refractivity contribution in [2.75, 3.05) is 5.32 Å². The van der Waals surface area contributed by atoms with E-state index in [-0.39, 0.29) is 18.1 Å². The number of hydrogen-bond acceptors (Lipinski definition) is 2.